The number of rotatable bonds is 3. The zero-order valence-corrected chi connectivity index (χ0v) is 9.95. The Bertz CT molecular complexity index is 477. The zero-order valence-electron chi connectivity index (χ0n) is 9.14. The molecule has 1 aliphatic carbocycles. The van der Waals surface area contributed by atoms with Crippen molar-refractivity contribution in [3.63, 3.8) is 0 Å². The Balaban J connectivity index is 1.56. The molecule has 5 heteroatoms. The van der Waals surface area contributed by atoms with E-state index in [4.69, 9.17) is 0 Å². The Morgan fingerprint density at radius 2 is 2.00 bits per heavy atom. The van der Waals surface area contributed by atoms with Crippen LogP contribution in [0, 0.1) is 5.82 Å². The molecule has 2 aromatic rings. The van der Waals surface area contributed by atoms with Gasteiger partial charge in [-0.3, -0.25) is 0 Å². The molecule has 3 nitrogen and oxygen atoms in total. The summed E-state index contributed by atoms with van der Waals surface area (Å²) in [5.74, 6) is 0.382. The maximum atomic E-state index is 12.8. The van der Waals surface area contributed by atoms with Crippen molar-refractivity contribution in [1.82, 2.24) is 9.59 Å². The number of nitrogens with one attached hydrogen (secondary N) is 1. The van der Waals surface area contributed by atoms with Crippen LogP contribution in [0.3, 0.4) is 0 Å². The van der Waals surface area contributed by atoms with Gasteiger partial charge in [-0.1, -0.05) is 16.6 Å². The summed E-state index contributed by atoms with van der Waals surface area (Å²) in [5.41, 5.74) is 1.23. The molecule has 1 aromatic carbocycles. The fourth-order valence-corrected chi connectivity index (χ4v) is 2.67. The first-order chi connectivity index (χ1) is 8.31. The summed E-state index contributed by atoms with van der Waals surface area (Å²) >= 11 is 1.38. The number of hydrogen-bond acceptors (Lipinski definition) is 4. The van der Waals surface area contributed by atoms with Crippen LogP contribution in [0.1, 0.15) is 24.3 Å². The van der Waals surface area contributed by atoms with Crippen molar-refractivity contribution in [1.29, 1.82) is 0 Å². The topological polar surface area (TPSA) is 37.8 Å². The standard InChI is InChI=1S/C12H12FN3S/c13-10-3-1-8(2-4-10)9-5-11(6-9)15-12-7-14-16-17-12/h1-4,7,9,11,15H,5-6H2. The van der Waals surface area contributed by atoms with Crippen LogP contribution in [0.15, 0.2) is 30.5 Å². The third-order valence-electron chi connectivity index (χ3n) is 3.19. The summed E-state index contributed by atoms with van der Waals surface area (Å²) in [4.78, 5) is 0. The first-order valence-electron chi connectivity index (χ1n) is 5.60. The van der Waals surface area contributed by atoms with Crippen molar-refractivity contribution in [3.8, 4) is 0 Å². The number of hydrogen-bond donors (Lipinski definition) is 1. The molecule has 1 aromatic heterocycles. The Labute approximate surface area is 103 Å². The maximum absolute atomic E-state index is 12.8. The van der Waals surface area contributed by atoms with E-state index in [0.717, 1.165) is 17.8 Å². The van der Waals surface area contributed by atoms with Crippen LogP contribution in [0.2, 0.25) is 0 Å². The van der Waals surface area contributed by atoms with E-state index in [0.29, 0.717) is 12.0 Å². The lowest BCUT2D eigenvalue weighted by Crippen LogP contribution is -2.33. The summed E-state index contributed by atoms with van der Waals surface area (Å²) < 4.78 is 16.6. The van der Waals surface area contributed by atoms with Gasteiger partial charge in [0.15, 0.2) is 0 Å². The molecule has 88 valence electrons. The van der Waals surface area contributed by atoms with Crippen molar-refractivity contribution in [2.75, 3.05) is 5.32 Å². The first-order valence-corrected chi connectivity index (χ1v) is 6.38. The lowest BCUT2D eigenvalue weighted by molar-refractivity contribution is 0.374. The van der Waals surface area contributed by atoms with Gasteiger partial charge in [-0.15, -0.1) is 5.10 Å². The molecule has 0 saturated heterocycles. The Morgan fingerprint density at radius 1 is 1.24 bits per heavy atom. The lowest BCUT2D eigenvalue weighted by Gasteiger charge is -2.36. The minimum Gasteiger partial charge on any atom is -0.372 e. The predicted molar refractivity (Wildman–Crippen MR) is 65.7 cm³/mol. The van der Waals surface area contributed by atoms with Gasteiger partial charge in [0.1, 0.15) is 10.8 Å². The zero-order chi connectivity index (χ0) is 11.7. The highest BCUT2D eigenvalue weighted by Gasteiger charge is 2.30. The molecule has 1 fully saturated rings. The molecule has 0 aliphatic heterocycles. The fraction of sp³-hybridized carbons (Fsp3) is 0.333. The minimum atomic E-state index is -0.168. The fourth-order valence-electron chi connectivity index (χ4n) is 2.17. The van der Waals surface area contributed by atoms with E-state index in [1.807, 2.05) is 12.1 Å². The lowest BCUT2D eigenvalue weighted by atomic mass is 9.76. The smallest absolute Gasteiger partial charge is 0.130 e. The average molecular weight is 249 g/mol. The van der Waals surface area contributed by atoms with Gasteiger partial charge in [-0.05, 0) is 36.5 Å². The summed E-state index contributed by atoms with van der Waals surface area (Å²) in [6, 6.07) is 7.31. The Morgan fingerprint density at radius 3 is 2.65 bits per heavy atom. The molecule has 0 radical (unpaired) electrons. The van der Waals surface area contributed by atoms with Crippen LogP contribution in [0.4, 0.5) is 9.39 Å². The van der Waals surface area contributed by atoms with Gasteiger partial charge in [0.05, 0.1) is 6.20 Å². The van der Waals surface area contributed by atoms with Crippen molar-refractivity contribution < 1.29 is 4.39 Å². The molecular formula is C12H12FN3S. The highest BCUT2D eigenvalue weighted by atomic mass is 32.1. The monoisotopic (exact) mass is 249 g/mol. The van der Waals surface area contributed by atoms with Gasteiger partial charge in [-0.25, -0.2) is 4.39 Å². The third-order valence-corrected chi connectivity index (χ3v) is 3.78. The molecule has 1 N–H and O–H groups in total. The van der Waals surface area contributed by atoms with Gasteiger partial charge in [0, 0.05) is 17.6 Å². The number of anilines is 1. The van der Waals surface area contributed by atoms with E-state index < -0.39 is 0 Å². The van der Waals surface area contributed by atoms with Crippen molar-refractivity contribution in [3.05, 3.63) is 41.8 Å². The number of halogens is 1. The first kappa shape index (κ1) is 10.7. The van der Waals surface area contributed by atoms with E-state index >= 15 is 0 Å². The molecule has 1 aliphatic rings. The van der Waals surface area contributed by atoms with Crippen LogP contribution < -0.4 is 5.32 Å². The van der Waals surface area contributed by atoms with Gasteiger partial charge in [0.2, 0.25) is 0 Å². The summed E-state index contributed by atoms with van der Waals surface area (Å²) in [6.07, 6.45) is 3.92. The predicted octanol–water partition coefficient (Wildman–Crippen LogP) is 3.04. The SMILES string of the molecule is Fc1ccc(C2CC(Nc3cnns3)C2)cc1. The molecule has 0 atom stereocenters. The van der Waals surface area contributed by atoms with Crippen LogP contribution in [0.25, 0.3) is 0 Å². The summed E-state index contributed by atoms with van der Waals surface area (Å²) in [6.45, 7) is 0. The normalized spacial score (nSPS) is 23.1. The molecule has 0 amide bonds. The molecular weight excluding hydrogens is 237 g/mol. The quantitative estimate of drug-likeness (QED) is 0.908. The summed E-state index contributed by atoms with van der Waals surface area (Å²) in [5, 5.41) is 8.19. The molecule has 17 heavy (non-hydrogen) atoms. The number of nitrogens with zero attached hydrogens (tertiary/aromatic N) is 2. The highest BCUT2D eigenvalue weighted by Crippen LogP contribution is 2.38. The molecule has 0 spiro atoms. The number of aromatic nitrogens is 2. The third kappa shape index (κ3) is 2.29. The largest absolute Gasteiger partial charge is 0.372 e. The maximum Gasteiger partial charge on any atom is 0.130 e. The van der Waals surface area contributed by atoms with E-state index in [2.05, 4.69) is 14.9 Å². The Kier molecular flexibility index (Phi) is 2.76. The average Bonchev–Trinajstić information content (AvgIpc) is 2.77. The molecule has 3 rings (SSSR count). The van der Waals surface area contributed by atoms with E-state index in [-0.39, 0.29) is 5.82 Å². The second-order valence-electron chi connectivity index (χ2n) is 4.34. The second-order valence-corrected chi connectivity index (χ2v) is 5.13. The van der Waals surface area contributed by atoms with Crippen molar-refractivity contribution in [2.24, 2.45) is 0 Å². The van der Waals surface area contributed by atoms with Crippen LogP contribution in [-0.4, -0.2) is 15.6 Å². The molecule has 0 unspecified atom stereocenters. The van der Waals surface area contributed by atoms with Gasteiger partial charge >= 0.3 is 0 Å². The van der Waals surface area contributed by atoms with Gasteiger partial charge in [0.25, 0.3) is 0 Å². The van der Waals surface area contributed by atoms with E-state index in [1.165, 1.54) is 29.2 Å². The molecule has 1 saturated carbocycles. The Hall–Kier alpha value is -1.49. The van der Waals surface area contributed by atoms with Crippen molar-refractivity contribution >= 4 is 16.5 Å². The summed E-state index contributed by atoms with van der Waals surface area (Å²) in [7, 11) is 0. The van der Waals surface area contributed by atoms with Crippen LogP contribution in [-0.2, 0) is 0 Å². The van der Waals surface area contributed by atoms with Crippen LogP contribution >= 0.6 is 11.5 Å². The van der Waals surface area contributed by atoms with E-state index in [1.54, 1.807) is 6.20 Å². The molecule has 0 bridgehead atoms. The highest BCUT2D eigenvalue weighted by molar-refractivity contribution is 7.09. The van der Waals surface area contributed by atoms with Crippen molar-refractivity contribution in [2.45, 2.75) is 24.8 Å². The number of benzene rings is 1. The van der Waals surface area contributed by atoms with E-state index in [9.17, 15) is 4.39 Å². The minimum absolute atomic E-state index is 0.168. The van der Waals surface area contributed by atoms with Gasteiger partial charge < -0.3 is 5.32 Å². The van der Waals surface area contributed by atoms with Gasteiger partial charge in [-0.2, -0.15) is 0 Å². The second kappa shape index (κ2) is 4.41. The van der Waals surface area contributed by atoms with Crippen LogP contribution in [0.5, 0.6) is 0 Å². The molecule has 1 heterocycles.